The van der Waals surface area contributed by atoms with E-state index < -0.39 is 0 Å². The Kier molecular flexibility index (Phi) is 3.42. The fourth-order valence-corrected chi connectivity index (χ4v) is 2.20. The third kappa shape index (κ3) is 2.67. The zero-order valence-electron chi connectivity index (χ0n) is 10.9. The van der Waals surface area contributed by atoms with Crippen LogP contribution in [0, 0.1) is 0 Å². The molecule has 3 rings (SSSR count). The van der Waals surface area contributed by atoms with Crippen LogP contribution in [0.4, 0.5) is 5.69 Å². The van der Waals surface area contributed by atoms with Gasteiger partial charge in [-0.05, 0) is 23.6 Å². The van der Waals surface area contributed by atoms with Gasteiger partial charge in [0, 0.05) is 23.0 Å². The summed E-state index contributed by atoms with van der Waals surface area (Å²) in [6.45, 7) is 0. The summed E-state index contributed by atoms with van der Waals surface area (Å²) in [5.41, 5.74) is 1.61. The van der Waals surface area contributed by atoms with Gasteiger partial charge in [-0.15, -0.1) is 0 Å². The second-order valence-corrected chi connectivity index (χ2v) is 4.57. The number of carbonyl (C=O) groups excluding carboxylic acids is 1. The summed E-state index contributed by atoms with van der Waals surface area (Å²) in [5, 5.41) is 5.11. The minimum absolute atomic E-state index is 0.0555. The van der Waals surface area contributed by atoms with Crippen LogP contribution in [-0.4, -0.2) is 10.9 Å². The number of benzene rings is 2. The summed E-state index contributed by atoms with van der Waals surface area (Å²) in [6, 6.07) is 19.5. The molecule has 3 nitrogen and oxygen atoms in total. The van der Waals surface area contributed by atoms with Gasteiger partial charge in [-0.3, -0.25) is 9.78 Å². The highest BCUT2D eigenvalue weighted by Gasteiger charge is 2.07. The predicted octanol–water partition coefficient (Wildman–Crippen LogP) is 3.42. The lowest BCUT2D eigenvalue weighted by Gasteiger charge is -2.08. The van der Waals surface area contributed by atoms with Gasteiger partial charge in [0.1, 0.15) is 0 Å². The number of carbonyl (C=O) groups is 1. The quantitative estimate of drug-likeness (QED) is 0.786. The Morgan fingerprint density at radius 2 is 1.75 bits per heavy atom. The van der Waals surface area contributed by atoms with E-state index in [1.165, 1.54) is 0 Å². The predicted molar refractivity (Wildman–Crippen MR) is 80.5 cm³/mol. The molecule has 3 aromatic rings. The number of amides is 1. The van der Waals surface area contributed by atoms with Gasteiger partial charge in [0.15, 0.2) is 0 Å². The molecule has 0 radical (unpaired) electrons. The zero-order valence-corrected chi connectivity index (χ0v) is 10.9. The Bertz CT molecular complexity index is 733. The van der Waals surface area contributed by atoms with Crippen LogP contribution in [0.2, 0.25) is 0 Å². The van der Waals surface area contributed by atoms with E-state index in [0.29, 0.717) is 0 Å². The zero-order chi connectivity index (χ0) is 13.8. The van der Waals surface area contributed by atoms with Crippen molar-refractivity contribution in [3.63, 3.8) is 0 Å². The summed E-state index contributed by atoms with van der Waals surface area (Å²) in [6.07, 6.45) is 1.98. The molecule has 1 amide bonds. The second-order valence-electron chi connectivity index (χ2n) is 4.57. The highest BCUT2D eigenvalue weighted by molar-refractivity contribution is 6.02. The number of hydrogen-bond acceptors (Lipinski definition) is 2. The van der Waals surface area contributed by atoms with Gasteiger partial charge in [0.05, 0.1) is 6.42 Å². The minimum Gasteiger partial charge on any atom is -0.325 e. The SMILES string of the molecule is O=C(Cc1ccccn1)Nc1cccc2ccccc12. The highest BCUT2D eigenvalue weighted by Crippen LogP contribution is 2.22. The van der Waals surface area contributed by atoms with Gasteiger partial charge in [0.25, 0.3) is 0 Å². The molecule has 0 spiro atoms. The van der Waals surface area contributed by atoms with Crippen molar-refractivity contribution >= 4 is 22.4 Å². The van der Waals surface area contributed by atoms with Crippen LogP contribution in [0.1, 0.15) is 5.69 Å². The van der Waals surface area contributed by atoms with Crippen LogP contribution in [-0.2, 0) is 11.2 Å². The van der Waals surface area contributed by atoms with E-state index in [-0.39, 0.29) is 12.3 Å². The molecule has 20 heavy (non-hydrogen) atoms. The summed E-state index contributed by atoms with van der Waals surface area (Å²) in [4.78, 5) is 16.2. The third-order valence-electron chi connectivity index (χ3n) is 3.13. The number of hydrogen-bond donors (Lipinski definition) is 1. The van der Waals surface area contributed by atoms with Crippen molar-refractivity contribution in [2.24, 2.45) is 0 Å². The van der Waals surface area contributed by atoms with Crippen LogP contribution >= 0.6 is 0 Å². The van der Waals surface area contributed by atoms with Crippen LogP contribution in [0.15, 0.2) is 66.9 Å². The Hall–Kier alpha value is -2.68. The molecular formula is C17H14N2O. The molecule has 0 saturated carbocycles. The first-order chi connectivity index (χ1) is 9.83. The molecular weight excluding hydrogens is 248 g/mol. The van der Waals surface area contributed by atoms with E-state index in [1.54, 1.807) is 6.20 Å². The minimum atomic E-state index is -0.0555. The van der Waals surface area contributed by atoms with Gasteiger partial charge in [-0.25, -0.2) is 0 Å². The van der Waals surface area contributed by atoms with E-state index in [1.807, 2.05) is 60.7 Å². The number of nitrogens with one attached hydrogen (secondary N) is 1. The maximum atomic E-state index is 12.1. The largest absolute Gasteiger partial charge is 0.325 e. The van der Waals surface area contributed by atoms with Crippen LogP contribution in [0.3, 0.4) is 0 Å². The number of anilines is 1. The molecule has 0 aliphatic heterocycles. The van der Waals surface area contributed by atoms with Crippen LogP contribution in [0.5, 0.6) is 0 Å². The van der Waals surface area contributed by atoms with Crippen molar-refractivity contribution < 1.29 is 4.79 Å². The van der Waals surface area contributed by atoms with E-state index in [2.05, 4.69) is 10.3 Å². The Balaban J connectivity index is 1.81. The third-order valence-corrected chi connectivity index (χ3v) is 3.13. The lowest BCUT2D eigenvalue weighted by atomic mass is 10.1. The van der Waals surface area contributed by atoms with E-state index >= 15 is 0 Å². The van der Waals surface area contributed by atoms with Gasteiger partial charge < -0.3 is 5.32 Å². The molecule has 0 saturated heterocycles. The van der Waals surface area contributed by atoms with Crippen molar-refractivity contribution in [3.8, 4) is 0 Å². The van der Waals surface area contributed by atoms with Gasteiger partial charge in [-0.1, -0.05) is 42.5 Å². The van der Waals surface area contributed by atoms with Crippen LogP contribution < -0.4 is 5.32 Å². The molecule has 1 heterocycles. The molecule has 0 aliphatic rings. The van der Waals surface area contributed by atoms with Crippen LogP contribution in [0.25, 0.3) is 10.8 Å². The molecule has 0 aliphatic carbocycles. The molecule has 0 unspecified atom stereocenters. The fourth-order valence-electron chi connectivity index (χ4n) is 2.20. The smallest absolute Gasteiger partial charge is 0.230 e. The summed E-state index contributed by atoms with van der Waals surface area (Å²) in [5.74, 6) is -0.0555. The molecule has 98 valence electrons. The molecule has 2 aromatic carbocycles. The van der Waals surface area contributed by atoms with Crippen molar-refractivity contribution in [2.75, 3.05) is 5.32 Å². The average Bonchev–Trinajstić information content (AvgIpc) is 2.48. The summed E-state index contributed by atoms with van der Waals surface area (Å²) < 4.78 is 0. The van der Waals surface area contributed by atoms with E-state index in [4.69, 9.17) is 0 Å². The Morgan fingerprint density at radius 1 is 0.950 bits per heavy atom. The number of fused-ring (bicyclic) bond motifs is 1. The molecule has 1 N–H and O–H groups in total. The number of nitrogens with zero attached hydrogens (tertiary/aromatic N) is 1. The second kappa shape index (κ2) is 5.53. The first-order valence-corrected chi connectivity index (χ1v) is 6.50. The first-order valence-electron chi connectivity index (χ1n) is 6.50. The Morgan fingerprint density at radius 3 is 2.60 bits per heavy atom. The normalized spacial score (nSPS) is 10.4. The van der Waals surface area contributed by atoms with Gasteiger partial charge in [-0.2, -0.15) is 0 Å². The maximum absolute atomic E-state index is 12.1. The molecule has 0 bridgehead atoms. The summed E-state index contributed by atoms with van der Waals surface area (Å²) >= 11 is 0. The Labute approximate surface area is 117 Å². The first kappa shape index (κ1) is 12.4. The highest BCUT2D eigenvalue weighted by atomic mass is 16.1. The number of pyridine rings is 1. The number of aromatic nitrogens is 1. The lowest BCUT2D eigenvalue weighted by molar-refractivity contribution is -0.115. The monoisotopic (exact) mass is 262 g/mol. The van der Waals surface area contributed by atoms with Crippen molar-refractivity contribution in [2.45, 2.75) is 6.42 Å². The van der Waals surface area contributed by atoms with E-state index in [0.717, 1.165) is 22.2 Å². The van der Waals surface area contributed by atoms with Crippen molar-refractivity contribution in [1.29, 1.82) is 0 Å². The van der Waals surface area contributed by atoms with E-state index in [9.17, 15) is 4.79 Å². The average molecular weight is 262 g/mol. The molecule has 0 fully saturated rings. The maximum Gasteiger partial charge on any atom is 0.230 e. The molecule has 3 heteroatoms. The van der Waals surface area contributed by atoms with Gasteiger partial charge in [0.2, 0.25) is 5.91 Å². The van der Waals surface area contributed by atoms with Gasteiger partial charge >= 0.3 is 0 Å². The van der Waals surface area contributed by atoms with Crippen molar-refractivity contribution in [1.82, 2.24) is 4.98 Å². The molecule has 0 atom stereocenters. The van der Waals surface area contributed by atoms with Crippen molar-refractivity contribution in [3.05, 3.63) is 72.6 Å². The summed E-state index contributed by atoms with van der Waals surface area (Å²) in [7, 11) is 0. The standard InChI is InChI=1S/C17H14N2O/c20-17(12-14-8-3-4-11-18-14)19-16-10-5-7-13-6-1-2-9-15(13)16/h1-11H,12H2,(H,19,20). The lowest BCUT2D eigenvalue weighted by Crippen LogP contribution is -2.15. The molecule has 1 aromatic heterocycles. The fraction of sp³-hybridized carbons (Fsp3) is 0.0588. The number of rotatable bonds is 3. The topological polar surface area (TPSA) is 42.0 Å².